The molecule has 1 aliphatic rings. The summed E-state index contributed by atoms with van der Waals surface area (Å²) in [6, 6.07) is 1.21. The second-order valence-corrected chi connectivity index (χ2v) is 31.3. The van der Waals surface area contributed by atoms with Gasteiger partial charge in [0, 0.05) is 7.59 Å². The summed E-state index contributed by atoms with van der Waals surface area (Å²) in [5, 5.41) is 0. The van der Waals surface area contributed by atoms with Gasteiger partial charge in [0.15, 0.2) is 0 Å². The van der Waals surface area contributed by atoms with Crippen LogP contribution in [-0.4, -0.2) is 28.6 Å². The van der Waals surface area contributed by atoms with Gasteiger partial charge in [-0.15, -0.1) is 19.7 Å². The van der Waals surface area contributed by atoms with Crippen molar-refractivity contribution in [3.05, 3.63) is 37.2 Å². The van der Waals surface area contributed by atoms with Crippen LogP contribution in [-0.2, 0) is 4.43 Å². The number of hydrogen-bond acceptors (Lipinski definition) is 1. The van der Waals surface area contributed by atoms with Crippen molar-refractivity contribution in [2.75, 3.05) is 0 Å². The predicted octanol–water partition coefficient (Wildman–Crippen LogP) is 3.54. The van der Waals surface area contributed by atoms with Gasteiger partial charge >= 0.3 is 0 Å². The average Bonchev–Trinajstić information content (AvgIpc) is 2.22. The van der Waals surface area contributed by atoms with Crippen molar-refractivity contribution in [2.45, 2.75) is 38.3 Å². The molecule has 4 heteroatoms. The molecule has 0 bridgehead atoms. The van der Waals surface area contributed by atoms with E-state index in [4.69, 9.17) is 4.43 Å². The van der Waals surface area contributed by atoms with E-state index in [1.54, 1.807) is 0 Å². The Bertz CT molecular complexity index is 312. The van der Waals surface area contributed by atoms with Gasteiger partial charge in [0.2, 0.25) is 7.83 Å². The molecule has 0 aliphatic carbocycles. The fourth-order valence-corrected chi connectivity index (χ4v) is 30.4. The van der Waals surface area contributed by atoms with Crippen LogP contribution in [0.3, 0.4) is 0 Å². The molecule has 16 heavy (non-hydrogen) atoms. The van der Waals surface area contributed by atoms with Crippen LogP contribution in [0, 0.1) is 0 Å². The van der Waals surface area contributed by atoms with E-state index in [1.165, 1.54) is 6.04 Å². The molecular weight excluding hydrogens is 244 g/mol. The minimum atomic E-state index is -1.92. The van der Waals surface area contributed by atoms with Crippen molar-refractivity contribution in [1.82, 2.24) is 0 Å². The molecule has 0 amide bonds. The fourth-order valence-electron chi connectivity index (χ4n) is 2.55. The smallest absolute Gasteiger partial charge is 0.223 e. The summed E-state index contributed by atoms with van der Waals surface area (Å²) in [4.78, 5) is 0. The Morgan fingerprint density at radius 3 is 1.94 bits per heavy atom. The first kappa shape index (κ1) is 13.9. The van der Waals surface area contributed by atoms with Gasteiger partial charge in [-0.25, -0.2) is 0 Å². The molecule has 1 heterocycles. The first-order valence-electron chi connectivity index (χ1n) is 5.84. The molecular formula is C12H24OSi3. The molecule has 1 aliphatic heterocycles. The van der Waals surface area contributed by atoms with Gasteiger partial charge in [0.25, 0.3) is 0 Å². The lowest BCUT2D eigenvalue weighted by molar-refractivity contribution is 0.270. The van der Waals surface area contributed by atoms with Crippen LogP contribution >= 0.6 is 0 Å². The van der Waals surface area contributed by atoms with Crippen LogP contribution < -0.4 is 0 Å². The van der Waals surface area contributed by atoms with Crippen molar-refractivity contribution < 1.29 is 4.43 Å². The Hall–Kier alpha value is -0.169. The molecule has 90 valence electrons. The third-order valence-electron chi connectivity index (χ3n) is 4.60. The zero-order valence-corrected chi connectivity index (χ0v) is 14.0. The Morgan fingerprint density at radius 2 is 1.56 bits per heavy atom. The van der Waals surface area contributed by atoms with Crippen LogP contribution in [0.4, 0.5) is 0 Å². The Balaban J connectivity index is 3.29. The van der Waals surface area contributed by atoms with E-state index in [0.717, 1.165) is 0 Å². The van der Waals surface area contributed by atoms with Crippen molar-refractivity contribution in [1.29, 1.82) is 0 Å². The van der Waals surface area contributed by atoms with Gasteiger partial charge in [-0.2, -0.15) is 0 Å². The van der Waals surface area contributed by atoms with Crippen LogP contribution in [0.5, 0.6) is 0 Å². The van der Waals surface area contributed by atoms with E-state index in [0.29, 0.717) is 0 Å². The summed E-state index contributed by atoms with van der Waals surface area (Å²) in [5.41, 5.74) is 4.22. The highest BCUT2D eigenvalue weighted by atomic mass is 29.6. The monoisotopic (exact) mass is 268 g/mol. The molecule has 0 aromatic carbocycles. The molecule has 1 saturated heterocycles. The summed E-state index contributed by atoms with van der Waals surface area (Å²) in [5.74, 6) is 0. The van der Waals surface area contributed by atoms with E-state index >= 15 is 0 Å². The highest BCUT2D eigenvalue weighted by molar-refractivity contribution is 7.70. The maximum absolute atomic E-state index is 6.35. The highest BCUT2D eigenvalue weighted by Gasteiger charge is 2.60. The summed E-state index contributed by atoms with van der Waals surface area (Å²) in [6.45, 7) is 22.0. The largest absolute Gasteiger partial charge is 0.406 e. The lowest BCUT2D eigenvalue weighted by atomic mass is 10.4. The van der Waals surface area contributed by atoms with E-state index in [9.17, 15) is 0 Å². The Kier molecular flexibility index (Phi) is 3.69. The van der Waals surface area contributed by atoms with Crippen molar-refractivity contribution >= 4 is 22.5 Å². The van der Waals surface area contributed by atoms with Crippen molar-refractivity contribution in [3.8, 4) is 0 Å². The maximum Gasteiger partial charge on any atom is 0.223 e. The zero-order valence-electron chi connectivity index (χ0n) is 11.0. The Labute approximate surface area is 103 Å². The summed E-state index contributed by atoms with van der Waals surface area (Å²) in [6.07, 6.45) is 2.19. The van der Waals surface area contributed by atoms with Crippen LogP contribution in [0.15, 0.2) is 37.2 Å². The molecule has 0 aromatic rings. The second kappa shape index (κ2) is 4.25. The first-order valence-corrected chi connectivity index (χ1v) is 16.1. The molecule has 1 atom stereocenters. The first-order chi connectivity index (χ1) is 7.26. The third-order valence-corrected chi connectivity index (χ3v) is 41.1. The van der Waals surface area contributed by atoms with Gasteiger partial charge in [-0.3, -0.25) is 0 Å². The van der Waals surface area contributed by atoms with E-state index < -0.39 is 22.5 Å². The third kappa shape index (κ3) is 1.77. The molecule has 1 fully saturated rings. The normalized spacial score (nSPS) is 30.4. The fraction of sp³-hybridized carbons (Fsp3) is 0.500. The number of rotatable bonds is 3. The van der Waals surface area contributed by atoms with Gasteiger partial charge in [0.05, 0.1) is 13.2 Å². The predicted molar refractivity (Wildman–Crippen MR) is 81.0 cm³/mol. The molecule has 1 rings (SSSR count). The Morgan fingerprint density at radius 1 is 1.06 bits per heavy atom. The molecule has 0 aromatic heterocycles. The quantitative estimate of drug-likeness (QED) is 0.562. The molecule has 0 saturated carbocycles. The minimum absolute atomic E-state index is 0.227. The summed E-state index contributed by atoms with van der Waals surface area (Å²) in [7, 11) is -4.52. The topological polar surface area (TPSA) is 9.23 Å². The lowest BCUT2D eigenvalue weighted by Gasteiger charge is -2.54. The van der Waals surface area contributed by atoms with E-state index in [2.05, 4.69) is 57.3 Å². The summed E-state index contributed by atoms with van der Waals surface area (Å²) < 4.78 is 6.35. The second-order valence-electron chi connectivity index (χ2n) is 5.81. The molecule has 0 spiro atoms. The lowest BCUT2D eigenvalue weighted by Crippen LogP contribution is -2.77. The molecule has 0 N–H and O–H groups in total. The highest BCUT2D eigenvalue weighted by Crippen LogP contribution is 2.40. The maximum atomic E-state index is 6.35. The molecule has 1 unspecified atom stereocenters. The van der Waals surface area contributed by atoms with Crippen molar-refractivity contribution in [2.24, 2.45) is 0 Å². The zero-order chi connectivity index (χ0) is 12.6. The van der Waals surface area contributed by atoms with Crippen LogP contribution in [0.2, 0.25) is 32.2 Å². The van der Waals surface area contributed by atoms with Gasteiger partial charge in [-0.05, 0) is 6.04 Å². The summed E-state index contributed by atoms with van der Waals surface area (Å²) >= 11 is 0. The van der Waals surface area contributed by atoms with E-state index in [1.807, 2.05) is 6.08 Å². The van der Waals surface area contributed by atoms with Crippen LogP contribution in [0.1, 0.15) is 0 Å². The molecule has 1 nitrogen and oxygen atoms in total. The number of hydrogen-bond donors (Lipinski definition) is 0. The standard InChI is InChI=1S/C12H24OSi3/c1-8-12-11-14(4,5)15(6,7)16(9-2,10-3)13-12/h8-10,12H,1-3,11H2,4-7H3. The van der Waals surface area contributed by atoms with Crippen molar-refractivity contribution in [3.63, 3.8) is 0 Å². The van der Waals surface area contributed by atoms with Gasteiger partial charge in [-0.1, -0.05) is 43.7 Å². The average molecular weight is 269 g/mol. The molecule has 0 radical (unpaired) electrons. The SMILES string of the molecule is C=CC1C[Si](C)(C)[Si](C)(C)[Si](C=C)(C=C)O1. The van der Waals surface area contributed by atoms with Gasteiger partial charge in [0.1, 0.15) is 0 Å². The minimum Gasteiger partial charge on any atom is -0.406 e. The van der Waals surface area contributed by atoms with Gasteiger partial charge < -0.3 is 4.43 Å². The van der Waals surface area contributed by atoms with E-state index in [-0.39, 0.29) is 6.10 Å². The van der Waals surface area contributed by atoms with Crippen LogP contribution in [0.25, 0.3) is 0 Å².